The molecule has 2 aromatic carbocycles. The summed E-state index contributed by atoms with van der Waals surface area (Å²) >= 11 is 0. The molecule has 0 nitrogen and oxygen atoms in total. The average Bonchev–Trinajstić information content (AvgIpc) is 2.32. The van der Waals surface area contributed by atoms with E-state index in [0.717, 1.165) is 16.7 Å². The molecule has 0 saturated carbocycles. The molecule has 0 N–H and O–H groups in total. The van der Waals surface area contributed by atoms with Crippen molar-refractivity contribution in [2.24, 2.45) is 0 Å². The molecule has 0 heterocycles. The summed E-state index contributed by atoms with van der Waals surface area (Å²) in [6, 6.07) is 12.7. The van der Waals surface area contributed by atoms with Crippen molar-refractivity contribution in [1.82, 2.24) is 0 Å². The Morgan fingerprint density at radius 3 is 2.29 bits per heavy atom. The van der Waals surface area contributed by atoms with Crippen LogP contribution in [-0.4, -0.2) is 0 Å². The monoisotopic (exact) mass is 226 g/mol. The molecule has 0 radical (unpaired) electrons. The van der Waals surface area contributed by atoms with Gasteiger partial charge >= 0.3 is 0 Å². The third-order valence-electron chi connectivity index (χ3n) is 2.91. The van der Waals surface area contributed by atoms with Gasteiger partial charge in [-0.2, -0.15) is 0 Å². The first-order chi connectivity index (χ1) is 8.08. The van der Waals surface area contributed by atoms with Gasteiger partial charge in [0.15, 0.2) is 0 Å². The van der Waals surface area contributed by atoms with E-state index in [4.69, 9.17) is 0 Å². The predicted octanol–water partition coefficient (Wildman–Crippen LogP) is 4.50. The van der Waals surface area contributed by atoms with Crippen LogP contribution in [-0.2, 0) is 0 Å². The normalized spacial score (nSPS) is 10.3. The summed E-state index contributed by atoms with van der Waals surface area (Å²) in [4.78, 5) is 0. The summed E-state index contributed by atoms with van der Waals surface area (Å²) in [5, 5.41) is 0. The average molecular weight is 226 g/mol. The zero-order valence-electron chi connectivity index (χ0n) is 10.1. The SMILES string of the molecule is C=C(c1ccc(F)cc1)c1cc(C)ccc1C. The Labute approximate surface area is 101 Å². The van der Waals surface area contributed by atoms with E-state index in [1.807, 2.05) is 0 Å². The van der Waals surface area contributed by atoms with Gasteiger partial charge in [0.1, 0.15) is 5.82 Å². The van der Waals surface area contributed by atoms with Crippen LogP contribution in [0.15, 0.2) is 49.0 Å². The van der Waals surface area contributed by atoms with Crippen LogP contribution >= 0.6 is 0 Å². The third-order valence-corrected chi connectivity index (χ3v) is 2.91. The van der Waals surface area contributed by atoms with E-state index in [0.29, 0.717) is 0 Å². The molecule has 0 aromatic heterocycles. The Kier molecular flexibility index (Phi) is 3.10. The van der Waals surface area contributed by atoms with Crippen molar-refractivity contribution in [3.63, 3.8) is 0 Å². The van der Waals surface area contributed by atoms with Crippen LogP contribution in [0.2, 0.25) is 0 Å². The largest absolute Gasteiger partial charge is 0.207 e. The highest BCUT2D eigenvalue weighted by atomic mass is 19.1. The lowest BCUT2D eigenvalue weighted by atomic mass is 9.94. The number of halogens is 1. The standard InChI is InChI=1S/C16H15F/c1-11-4-5-12(2)16(10-11)13(3)14-6-8-15(17)9-7-14/h4-10H,3H2,1-2H3. The lowest BCUT2D eigenvalue weighted by Crippen LogP contribution is -1.91. The first-order valence-electron chi connectivity index (χ1n) is 5.60. The summed E-state index contributed by atoms with van der Waals surface area (Å²) in [5.74, 6) is -0.220. The fourth-order valence-electron chi connectivity index (χ4n) is 1.87. The van der Waals surface area contributed by atoms with Gasteiger partial charge in [0.25, 0.3) is 0 Å². The molecule has 0 unspecified atom stereocenters. The lowest BCUT2D eigenvalue weighted by molar-refractivity contribution is 0.627. The maximum absolute atomic E-state index is 12.9. The molecule has 0 fully saturated rings. The molecule has 0 atom stereocenters. The van der Waals surface area contributed by atoms with E-state index < -0.39 is 0 Å². The van der Waals surface area contributed by atoms with Crippen molar-refractivity contribution in [1.29, 1.82) is 0 Å². The molecule has 0 bridgehead atoms. The van der Waals surface area contributed by atoms with Gasteiger partial charge < -0.3 is 0 Å². The van der Waals surface area contributed by atoms with Crippen LogP contribution in [0.25, 0.3) is 5.57 Å². The van der Waals surface area contributed by atoms with Gasteiger partial charge in [0, 0.05) is 0 Å². The summed E-state index contributed by atoms with van der Waals surface area (Å²) in [5.41, 5.74) is 5.40. The first kappa shape index (κ1) is 11.6. The second-order valence-corrected chi connectivity index (χ2v) is 4.30. The Bertz CT molecular complexity index is 550. The second kappa shape index (κ2) is 4.54. The highest BCUT2D eigenvalue weighted by Gasteiger charge is 2.05. The van der Waals surface area contributed by atoms with Crippen molar-refractivity contribution < 1.29 is 4.39 Å². The summed E-state index contributed by atoms with van der Waals surface area (Å²) < 4.78 is 12.9. The van der Waals surface area contributed by atoms with E-state index in [-0.39, 0.29) is 5.82 Å². The molecule has 86 valence electrons. The minimum atomic E-state index is -0.220. The number of benzene rings is 2. The molecule has 0 aliphatic rings. The molecular formula is C16H15F. The summed E-state index contributed by atoms with van der Waals surface area (Å²) in [7, 11) is 0. The molecule has 2 aromatic rings. The van der Waals surface area contributed by atoms with Crippen LogP contribution in [0.1, 0.15) is 22.3 Å². The molecule has 17 heavy (non-hydrogen) atoms. The lowest BCUT2D eigenvalue weighted by Gasteiger charge is -2.10. The van der Waals surface area contributed by atoms with Crippen LogP contribution in [0.5, 0.6) is 0 Å². The third kappa shape index (κ3) is 2.44. The Morgan fingerprint density at radius 1 is 1.00 bits per heavy atom. The molecule has 0 aliphatic heterocycles. The van der Waals surface area contributed by atoms with Crippen molar-refractivity contribution >= 4 is 5.57 Å². The summed E-state index contributed by atoms with van der Waals surface area (Å²) in [6.07, 6.45) is 0. The fraction of sp³-hybridized carbons (Fsp3) is 0.125. The molecule has 0 aliphatic carbocycles. The molecule has 1 heteroatoms. The van der Waals surface area contributed by atoms with Gasteiger partial charge in [-0.25, -0.2) is 4.39 Å². The van der Waals surface area contributed by atoms with Crippen LogP contribution < -0.4 is 0 Å². The number of aryl methyl sites for hydroxylation is 2. The zero-order chi connectivity index (χ0) is 12.4. The summed E-state index contributed by atoms with van der Waals surface area (Å²) in [6.45, 7) is 8.22. The van der Waals surface area contributed by atoms with E-state index in [1.54, 1.807) is 12.1 Å². The van der Waals surface area contributed by atoms with Gasteiger partial charge in [0.05, 0.1) is 0 Å². The minimum Gasteiger partial charge on any atom is -0.207 e. The van der Waals surface area contributed by atoms with Gasteiger partial charge in [0.2, 0.25) is 0 Å². The molecule has 0 amide bonds. The smallest absolute Gasteiger partial charge is 0.123 e. The molecular weight excluding hydrogens is 211 g/mol. The number of hydrogen-bond donors (Lipinski definition) is 0. The first-order valence-corrected chi connectivity index (χ1v) is 5.60. The highest BCUT2D eigenvalue weighted by molar-refractivity contribution is 5.79. The Balaban J connectivity index is 2.43. The van der Waals surface area contributed by atoms with Crippen LogP contribution in [0, 0.1) is 19.7 Å². The highest BCUT2D eigenvalue weighted by Crippen LogP contribution is 2.25. The molecule has 0 saturated heterocycles. The van der Waals surface area contributed by atoms with Crippen LogP contribution in [0.3, 0.4) is 0 Å². The van der Waals surface area contributed by atoms with Crippen molar-refractivity contribution in [3.05, 3.63) is 77.1 Å². The van der Waals surface area contributed by atoms with E-state index >= 15 is 0 Å². The van der Waals surface area contributed by atoms with Gasteiger partial charge in [-0.05, 0) is 48.2 Å². The quantitative estimate of drug-likeness (QED) is 0.707. The van der Waals surface area contributed by atoms with E-state index in [1.165, 1.54) is 23.3 Å². The van der Waals surface area contributed by atoms with E-state index in [2.05, 4.69) is 38.6 Å². The van der Waals surface area contributed by atoms with Gasteiger partial charge in [-0.1, -0.05) is 42.5 Å². The van der Waals surface area contributed by atoms with Gasteiger partial charge in [-0.15, -0.1) is 0 Å². The van der Waals surface area contributed by atoms with Gasteiger partial charge in [-0.3, -0.25) is 0 Å². The van der Waals surface area contributed by atoms with Crippen molar-refractivity contribution in [2.75, 3.05) is 0 Å². The van der Waals surface area contributed by atoms with Crippen molar-refractivity contribution in [2.45, 2.75) is 13.8 Å². The van der Waals surface area contributed by atoms with Crippen molar-refractivity contribution in [3.8, 4) is 0 Å². The zero-order valence-corrected chi connectivity index (χ0v) is 10.1. The topological polar surface area (TPSA) is 0 Å². The van der Waals surface area contributed by atoms with Crippen LogP contribution in [0.4, 0.5) is 4.39 Å². The Morgan fingerprint density at radius 2 is 1.65 bits per heavy atom. The molecule has 0 spiro atoms. The number of rotatable bonds is 2. The fourth-order valence-corrected chi connectivity index (χ4v) is 1.87. The van der Waals surface area contributed by atoms with E-state index in [9.17, 15) is 4.39 Å². The minimum absolute atomic E-state index is 0.220. The maximum atomic E-state index is 12.9. The molecule has 2 rings (SSSR count). The maximum Gasteiger partial charge on any atom is 0.123 e. The second-order valence-electron chi connectivity index (χ2n) is 4.30. The Hall–Kier alpha value is -1.89. The predicted molar refractivity (Wildman–Crippen MR) is 70.5 cm³/mol. The number of hydrogen-bond acceptors (Lipinski definition) is 0.